The van der Waals surface area contributed by atoms with E-state index >= 15 is 0 Å². The van der Waals surface area contributed by atoms with Crippen molar-refractivity contribution in [2.24, 2.45) is 5.92 Å². The first-order chi connectivity index (χ1) is 9.56. The molecule has 1 saturated heterocycles. The van der Waals surface area contributed by atoms with Crippen LogP contribution >= 0.6 is 0 Å². The van der Waals surface area contributed by atoms with Crippen molar-refractivity contribution in [3.05, 3.63) is 35.6 Å². The molecule has 0 radical (unpaired) electrons. The fourth-order valence-electron chi connectivity index (χ4n) is 2.54. The molecule has 1 atom stereocenters. The van der Waals surface area contributed by atoms with E-state index in [0.717, 1.165) is 19.0 Å². The summed E-state index contributed by atoms with van der Waals surface area (Å²) in [5, 5.41) is 2.92. The lowest BCUT2D eigenvalue weighted by atomic mass is 9.98. The Morgan fingerprint density at radius 2 is 1.95 bits per heavy atom. The van der Waals surface area contributed by atoms with E-state index in [0.29, 0.717) is 18.2 Å². The van der Waals surface area contributed by atoms with Crippen LogP contribution < -0.4 is 5.32 Å². The van der Waals surface area contributed by atoms with Gasteiger partial charge in [0.05, 0.1) is 0 Å². The van der Waals surface area contributed by atoms with Gasteiger partial charge < -0.3 is 5.32 Å². The highest BCUT2D eigenvalue weighted by molar-refractivity contribution is 5.94. The number of piperidine rings is 1. The summed E-state index contributed by atoms with van der Waals surface area (Å²) in [6.07, 6.45) is 2.46. The van der Waals surface area contributed by atoms with E-state index in [2.05, 4.69) is 24.1 Å². The molecule has 0 saturated carbocycles. The van der Waals surface area contributed by atoms with Crippen molar-refractivity contribution in [1.29, 1.82) is 0 Å². The maximum atomic E-state index is 12.8. The molecule has 4 heteroatoms. The number of hydrogen-bond acceptors (Lipinski definition) is 2. The van der Waals surface area contributed by atoms with Crippen LogP contribution in [-0.4, -0.2) is 36.5 Å². The Morgan fingerprint density at radius 1 is 1.35 bits per heavy atom. The monoisotopic (exact) mass is 278 g/mol. The molecule has 3 nitrogen and oxygen atoms in total. The maximum Gasteiger partial charge on any atom is 0.251 e. The highest BCUT2D eigenvalue weighted by Crippen LogP contribution is 2.17. The molecule has 0 bridgehead atoms. The Balaban J connectivity index is 1.79. The van der Waals surface area contributed by atoms with E-state index in [4.69, 9.17) is 0 Å². The topological polar surface area (TPSA) is 32.3 Å². The Kier molecular flexibility index (Phi) is 5.12. The second-order valence-corrected chi connectivity index (χ2v) is 5.78. The minimum atomic E-state index is -0.322. The van der Waals surface area contributed by atoms with E-state index in [-0.39, 0.29) is 11.7 Å². The van der Waals surface area contributed by atoms with Crippen LogP contribution in [0.25, 0.3) is 0 Å². The first kappa shape index (κ1) is 15.0. The molecular weight excluding hydrogens is 255 g/mol. The lowest BCUT2D eigenvalue weighted by molar-refractivity contribution is 0.0921. The summed E-state index contributed by atoms with van der Waals surface area (Å²) in [5.74, 6) is 0.354. The largest absolute Gasteiger partial charge is 0.350 e. The van der Waals surface area contributed by atoms with Gasteiger partial charge in [0.15, 0.2) is 0 Å². The molecule has 1 aromatic carbocycles. The Bertz CT molecular complexity index is 438. The van der Waals surface area contributed by atoms with Gasteiger partial charge in [-0.15, -0.1) is 0 Å². The predicted octanol–water partition coefficient (Wildman–Crippen LogP) is 2.68. The molecule has 1 aliphatic rings. The van der Waals surface area contributed by atoms with Crippen molar-refractivity contribution < 1.29 is 9.18 Å². The van der Waals surface area contributed by atoms with Crippen LogP contribution in [0.1, 0.15) is 37.0 Å². The van der Waals surface area contributed by atoms with Crippen LogP contribution in [-0.2, 0) is 0 Å². The molecule has 1 aliphatic heterocycles. The summed E-state index contributed by atoms with van der Waals surface area (Å²) in [4.78, 5) is 14.4. The highest BCUT2D eigenvalue weighted by atomic mass is 19.1. The number of likely N-dealkylation sites (tertiary alicyclic amines) is 1. The Labute approximate surface area is 120 Å². The smallest absolute Gasteiger partial charge is 0.251 e. The molecule has 20 heavy (non-hydrogen) atoms. The first-order valence-electron chi connectivity index (χ1n) is 7.34. The summed E-state index contributed by atoms with van der Waals surface area (Å²) in [7, 11) is 0. The second-order valence-electron chi connectivity index (χ2n) is 5.78. The van der Waals surface area contributed by atoms with Crippen molar-refractivity contribution in [3.63, 3.8) is 0 Å². The average molecular weight is 278 g/mol. The minimum absolute atomic E-state index is 0.137. The van der Waals surface area contributed by atoms with Gasteiger partial charge >= 0.3 is 0 Å². The van der Waals surface area contributed by atoms with Gasteiger partial charge in [0, 0.05) is 18.2 Å². The molecule has 1 unspecified atom stereocenters. The third-order valence-corrected chi connectivity index (χ3v) is 4.11. The van der Waals surface area contributed by atoms with E-state index in [1.54, 1.807) is 0 Å². The Morgan fingerprint density at radius 3 is 2.55 bits per heavy atom. The SMILES string of the molecule is CC1CCN(C(C)CNC(=O)c2ccc(F)cc2)CC1. The summed E-state index contributed by atoms with van der Waals surface area (Å²) in [6.45, 7) is 7.27. The normalized spacial score (nSPS) is 18.8. The third kappa shape index (κ3) is 4.04. The maximum absolute atomic E-state index is 12.8. The van der Waals surface area contributed by atoms with Gasteiger partial charge in [0.2, 0.25) is 0 Å². The number of carbonyl (C=O) groups is 1. The molecule has 1 fully saturated rings. The molecular formula is C16H23FN2O. The highest BCUT2D eigenvalue weighted by Gasteiger charge is 2.20. The van der Waals surface area contributed by atoms with Crippen LogP contribution in [0.5, 0.6) is 0 Å². The summed E-state index contributed by atoms with van der Waals surface area (Å²) >= 11 is 0. The molecule has 1 aromatic rings. The van der Waals surface area contributed by atoms with E-state index < -0.39 is 0 Å². The molecule has 1 amide bonds. The molecule has 1 heterocycles. The number of rotatable bonds is 4. The molecule has 0 spiro atoms. The quantitative estimate of drug-likeness (QED) is 0.918. The zero-order valence-electron chi connectivity index (χ0n) is 12.2. The lowest BCUT2D eigenvalue weighted by Crippen LogP contribution is -2.45. The van der Waals surface area contributed by atoms with Crippen molar-refractivity contribution in [1.82, 2.24) is 10.2 Å². The van der Waals surface area contributed by atoms with Gasteiger partial charge in [-0.05, 0) is 63.0 Å². The average Bonchev–Trinajstić information content (AvgIpc) is 2.46. The zero-order chi connectivity index (χ0) is 14.5. The fourth-order valence-corrected chi connectivity index (χ4v) is 2.54. The van der Waals surface area contributed by atoms with Crippen molar-refractivity contribution in [2.45, 2.75) is 32.7 Å². The number of hydrogen-bond donors (Lipinski definition) is 1. The van der Waals surface area contributed by atoms with Crippen LogP contribution in [0.4, 0.5) is 4.39 Å². The zero-order valence-corrected chi connectivity index (χ0v) is 12.2. The number of nitrogens with one attached hydrogen (secondary N) is 1. The summed E-state index contributed by atoms with van der Waals surface area (Å²) in [5.41, 5.74) is 0.505. The van der Waals surface area contributed by atoms with Crippen LogP contribution in [0, 0.1) is 11.7 Å². The molecule has 2 rings (SSSR count). The number of benzene rings is 1. The third-order valence-electron chi connectivity index (χ3n) is 4.11. The van der Waals surface area contributed by atoms with Gasteiger partial charge in [0.25, 0.3) is 5.91 Å². The minimum Gasteiger partial charge on any atom is -0.350 e. The standard InChI is InChI=1S/C16H23FN2O/c1-12-7-9-19(10-8-12)13(2)11-18-16(20)14-3-5-15(17)6-4-14/h3-6,12-13H,7-11H2,1-2H3,(H,18,20). The van der Waals surface area contributed by atoms with E-state index in [1.165, 1.54) is 37.1 Å². The lowest BCUT2D eigenvalue weighted by Gasteiger charge is -2.35. The summed E-state index contributed by atoms with van der Waals surface area (Å²) in [6, 6.07) is 5.98. The van der Waals surface area contributed by atoms with Crippen molar-refractivity contribution in [3.8, 4) is 0 Å². The van der Waals surface area contributed by atoms with Gasteiger partial charge in [-0.25, -0.2) is 4.39 Å². The Hall–Kier alpha value is -1.42. The molecule has 1 N–H and O–H groups in total. The number of nitrogens with zero attached hydrogens (tertiary/aromatic N) is 1. The number of amides is 1. The number of halogens is 1. The fraction of sp³-hybridized carbons (Fsp3) is 0.562. The summed E-state index contributed by atoms with van der Waals surface area (Å²) < 4.78 is 12.8. The first-order valence-corrected chi connectivity index (χ1v) is 7.34. The van der Waals surface area contributed by atoms with Crippen molar-refractivity contribution in [2.75, 3.05) is 19.6 Å². The van der Waals surface area contributed by atoms with Crippen LogP contribution in [0.15, 0.2) is 24.3 Å². The van der Waals surface area contributed by atoms with Crippen LogP contribution in [0.3, 0.4) is 0 Å². The van der Waals surface area contributed by atoms with E-state index in [1.807, 2.05) is 0 Å². The van der Waals surface area contributed by atoms with Gasteiger partial charge in [0.1, 0.15) is 5.82 Å². The van der Waals surface area contributed by atoms with E-state index in [9.17, 15) is 9.18 Å². The molecule has 0 aliphatic carbocycles. The van der Waals surface area contributed by atoms with Crippen LogP contribution in [0.2, 0.25) is 0 Å². The number of carbonyl (C=O) groups excluding carboxylic acids is 1. The van der Waals surface area contributed by atoms with Gasteiger partial charge in [-0.1, -0.05) is 6.92 Å². The van der Waals surface area contributed by atoms with Crippen molar-refractivity contribution >= 4 is 5.91 Å². The second kappa shape index (κ2) is 6.84. The predicted molar refractivity (Wildman–Crippen MR) is 78.2 cm³/mol. The van der Waals surface area contributed by atoms with Gasteiger partial charge in [-0.2, -0.15) is 0 Å². The molecule has 110 valence electrons. The molecule has 0 aromatic heterocycles. The van der Waals surface area contributed by atoms with Gasteiger partial charge in [-0.3, -0.25) is 9.69 Å².